The van der Waals surface area contributed by atoms with Gasteiger partial charge in [0.05, 0.1) is 6.61 Å². The SMILES string of the molecule is CN1CCCC(NC2CCCOc3ccccc32)C1. The number of nitrogens with one attached hydrogen (secondary N) is 1. The minimum Gasteiger partial charge on any atom is -0.493 e. The van der Waals surface area contributed by atoms with Gasteiger partial charge in [-0.15, -0.1) is 0 Å². The van der Waals surface area contributed by atoms with Crippen molar-refractivity contribution < 1.29 is 4.74 Å². The maximum absolute atomic E-state index is 5.84. The Hall–Kier alpha value is -1.06. The first-order valence-electron chi connectivity index (χ1n) is 7.49. The monoisotopic (exact) mass is 260 g/mol. The van der Waals surface area contributed by atoms with Crippen LogP contribution in [-0.4, -0.2) is 37.7 Å². The van der Waals surface area contributed by atoms with Gasteiger partial charge in [0.15, 0.2) is 0 Å². The lowest BCUT2D eigenvalue weighted by Crippen LogP contribution is -2.45. The van der Waals surface area contributed by atoms with E-state index in [1.165, 1.54) is 37.9 Å². The molecule has 3 heteroatoms. The first-order valence-corrected chi connectivity index (χ1v) is 7.49. The van der Waals surface area contributed by atoms with Crippen molar-refractivity contribution in [2.75, 3.05) is 26.7 Å². The maximum atomic E-state index is 5.84. The van der Waals surface area contributed by atoms with Crippen LogP contribution in [-0.2, 0) is 0 Å². The van der Waals surface area contributed by atoms with Crippen molar-refractivity contribution in [3.8, 4) is 5.75 Å². The highest BCUT2D eigenvalue weighted by molar-refractivity contribution is 5.36. The first kappa shape index (κ1) is 12.9. The lowest BCUT2D eigenvalue weighted by atomic mass is 9.98. The summed E-state index contributed by atoms with van der Waals surface area (Å²) in [7, 11) is 2.22. The van der Waals surface area contributed by atoms with Crippen LogP contribution in [0.15, 0.2) is 24.3 Å². The molecule has 1 fully saturated rings. The molecule has 0 radical (unpaired) electrons. The van der Waals surface area contributed by atoms with E-state index in [1.807, 2.05) is 0 Å². The molecule has 2 aliphatic rings. The average molecular weight is 260 g/mol. The Labute approximate surface area is 115 Å². The summed E-state index contributed by atoms with van der Waals surface area (Å²) >= 11 is 0. The molecule has 1 aromatic rings. The molecule has 104 valence electrons. The van der Waals surface area contributed by atoms with Crippen LogP contribution in [0.3, 0.4) is 0 Å². The minimum absolute atomic E-state index is 0.454. The molecule has 2 heterocycles. The zero-order valence-corrected chi connectivity index (χ0v) is 11.8. The quantitative estimate of drug-likeness (QED) is 0.884. The fourth-order valence-corrected chi connectivity index (χ4v) is 3.29. The van der Waals surface area contributed by atoms with Crippen LogP contribution in [0.1, 0.15) is 37.3 Å². The van der Waals surface area contributed by atoms with E-state index in [9.17, 15) is 0 Å². The molecule has 2 aliphatic heterocycles. The third-order valence-electron chi connectivity index (χ3n) is 4.25. The summed E-state index contributed by atoms with van der Waals surface area (Å²) in [4.78, 5) is 2.43. The number of hydrogen-bond donors (Lipinski definition) is 1. The Balaban J connectivity index is 1.73. The highest BCUT2D eigenvalue weighted by Crippen LogP contribution is 2.31. The summed E-state index contributed by atoms with van der Waals surface area (Å²) in [6.45, 7) is 3.25. The second-order valence-corrected chi connectivity index (χ2v) is 5.85. The number of nitrogens with zero attached hydrogens (tertiary/aromatic N) is 1. The maximum Gasteiger partial charge on any atom is 0.124 e. The van der Waals surface area contributed by atoms with Gasteiger partial charge in [0, 0.05) is 24.2 Å². The number of likely N-dealkylation sites (N-methyl/N-ethyl adjacent to an activating group) is 1. The molecule has 1 aromatic carbocycles. The topological polar surface area (TPSA) is 24.5 Å². The zero-order chi connectivity index (χ0) is 13.1. The molecular weight excluding hydrogens is 236 g/mol. The number of para-hydroxylation sites is 1. The number of rotatable bonds is 2. The highest BCUT2D eigenvalue weighted by atomic mass is 16.5. The average Bonchev–Trinajstić information content (AvgIpc) is 2.62. The molecule has 1 saturated heterocycles. The largest absolute Gasteiger partial charge is 0.493 e. The summed E-state index contributed by atoms with van der Waals surface area (Å²) in [6, 6.07) is 9.57. The summed E-state index contributed by atoms with van der Waals surface area (Å²) in [6.07, 6.45) is 4.91. The van der Waals surface area contributed by atoms with E-state index in [2.05, 4.69) is 41.5 Å². The molecule has 3 rings (SSSR count). The van der Waals surface area contributed by atoms with Gasteiger partial charge in [-0.2, -0.15) is 0 Å². The van der Waals surface area contributed by atoms with Crippen LogP contribution < -0.4 is 10.1 Å². The smallest absolute Gasteiger partial charge is 0.124 e. The molecule has 0 aliphatic carbocycles. The van der Waals surface area contributed by atoms with Crippen LogP contribution in [0.5, 0.6) is 5.75 Å². The van der Waals surface area contributed by atoms with Crippen molar-refractivity contribution in [1.82, 2.24) is 10.2 Å². The Morgan fingerprint density at radius 2 is 2.11 bits per heavy atom. The molecule has 0 bridgehead atoms. The van der Waals surface area contributed by atoms with Crippen molar-refractivity contribution in [3.63, 3.8) is 0 Å². The Kier molecular flexibility index (Phi) is 4.04. The van der Waals surface area contributed by atoms with E-state index in [4.69, 9.17) is 4.74 Å². The summed E-state index contributed by atoms with van der Waals surface area (Å²) in [5.74, 6) is 1.07. The van der Waals surface area contributed by atoms with Gasteiger partial charge in [0.25, 0.3) is 0 Å². The summed E-state index contributed by atoms with van der Waals surface area (Å²) < 4.78 is 5.84. The minimum atomic E-state index is 0.454. The van der Waals surface area contributed by atoms with Gasteiger partial charge in [-0.3, -0.25) is 0 Å². The fraction of sp³-hybridized carbons (Fsp3) is 0.625. The first-order chi connectivity index (χ1) is 9.33. The number of fused-ring (bicyclic) bond motifs is 1. The van der Waals surface area contributed by atoms with Gasteiger partial charge in [-0.1, -0.05) is 18.2 Å². The molecule has 0 spiro atoms. The standard InChI is InChI=1S/C16H24N2O/c1-18-10-4-6-13(12-18)17-15-8-5-11-19-16-9-3-2-7-14(15)16/h2-3,7,9,13,15,17H,4-6,8,10-12H2,1H3. The molecular formula is C16H24N2O. The van der Waals surface area contributed by atoms with Gasteiger partial charge in [0.1, 0.15) is 5.75 Å². The van der Waals surface area contributed by atoms with Crippen molar-refractivity contribution >= 4 is 0 Å². The molecule has 0 amide bonds. The summed E-state index contributed by atoms with van der Waals surface area (Å²) in [5.41, 5.74) is 1.34. The van der Waals surface area contributed by atoms with E-state index in [0.717, 1.165) is 18.8 Å². The molecule has 1 N–H and O–H groups in total. The van der Waals surface area contributed by atoms with Crippen molar-refractivity contribution in [3.05, 3.63) is 29.8 Å². The predicted molar refractivity (Wildman–Crippen MR) is 77.6 cm³/mol. The number of benzene rings is 1. The third-order valence-corrected chi connectivity index (χ3v) is 4.25. The Morgan fingerprint density at radius 3 is 3.00 bits per heavy atom. The third kappa shape index (κ3) is 3.10. The molecule has 0 aromatic heterocycles. The number of ether oxygens (including phenoxy) is 1. The number of piperidine rings is 1. The molecule has 0 saturated carbocycles. The molecule has 3 nitrogen and oxygen atoms in total. The van der Waals surface area contributed by atoms with Crippen LogP contribution in [0.25, 0.3) is 0 Å². The Bertz CT molecular complexity index is 421. The predicted octanol–water partition coefficient (Wildman–Crippen LogP) is 2.58. The lowest BCUT2D eigenvalue weighted by molar-refractivity contribution is 0.214. The van der Waals surface area contributed by atoms with Crippen molar-refractivity contribution in [1.29, 1.82) is 0 Å². The lowest BCUT2D eigenvalue weighted by Gasteiger charge is -2.33. The van der Waals surface area contributed by atoms with Gasteiger partial charge < -0.3 is 15.0 Å². The summed E-state index contributed by atoms with van der Waals surface area (Å²) in [5, 5.41) is 3.86. The van der Waals surface area contributed by atoms with E-state index in [-0.39, 0.29) is 0 Å². The highest BCUT2D eigenvalue weighted by Gasteiger charge is 2.24. The van der Waals surface area contributed by atoms with Crippen LogP contribution in [0, 0.1) is 0 Å². The second-order valence-electron chi connectivity index (χ2n) is 5.85. The number of likely N-dealkylation sites (tertiary alicyclic amines) is 1. The molecule has 2 unspecified atom stereocenters. The molecule has 2 atom stereocenters. The van der Waals surface area contributed by atoms with Crippen LogP contribution >= 0.6 is 0 Å². The van der Waals surface area contributed by atoms with Crippen molar-refractivity contribution in [2.24, 2.45) is 0 Å². The van der Waals surface area contributed by atoms with Crippen LogP contribution in [0.4, 0.5) is 0 Å². The van der Waals surface area contributed by atoms with E-state index >= 15 is 0 Å². The van der Waals surface area contributed by atoms with Crippen molar-refractivity contribution in [2.45, 2.75) is 37.8 Å². The fourth-order valence-electron chi connectivity index (χ4n) is 3.29. The normalized spacial score (nSPS) is 28.3. The second kappa shape index (κ2) is 5.93. The van der Waals surface area contributed by atoms with E-state index in [1.54, 1.807) is 0 Å². The van der Waals surface area contributed by atoms with Gasteiger partial charge in [0.2, 0.25) is 0 Å². The van der Waals surface area contributed by atoms with Crippen LogP contribution in [0.2, 0.25) is 0 Å². The van der Waals surface area contributed by atoms with E-state index < -0.39 is 0 Å². The van der Waals surface area contributed by atoms with Gasteiger partial charge in [-0.05, 0) is 45.3 Å². The Morgan fingerprint density at radius 1 is 1.21 bits per heavy atom. The van der Waals surface area contributed by atoms with Gasteiger partial charge >= 0.3 is 0 Å². The molecule has 19 heavy (non-hydrogen) atoms. The number of hydrogen-bond acceptors (Lipinski definition) is 3. The van der Waals surface area contributed by atoms with E-state index in [0.29, 0.717) is 12.1 Å². The van der Waals surface area contributed by atoms with Gasteiger partial charge in [-0.25, -0.2) is 0 Å². The zero-order valence-electron chi connectivity index (χ0n) is 11.8.